The predicted molar refractivity (Wildman–Crippen MR) is 121 cm³/mol. The van der Waals surface area contributed by atoms with Gasteiger partial charge in [-0.25, -0.2) is 9.38 Å². The first-order chi connectivity index (χ1) is 12.5. The van der Waals surface area contributed by atoms with Crippen LogP contribution in [0.1, 0.15) is 18.1 Å². The summed E-state index contributed by atoms with van der Waals surface area (Å²) in [7, 11) is 5.30. The molecule has 2 rings (SSSR count). The Morgan fingerprint density at radius 1 is 1.11 bits per heavy atom. The molecule has 0 spiro atoms. The van der Waals surface area contributed by atoms with Crippen molar-refractivity contribution in [3.05, 3.63) is 59.4 Å². The highest BCUT2D eigenvalue weighted by Gasteiger charge is 2.06. The summed E-state index contributed by atoms with van der Waals surface area (Å²) < 4.78 is 19.3. The van der Waals surface area contributed by atoms with Gasteiger partial charge in [-0.2, -0.15) is 0 Å². The normalized spacial score (nSPS) is 10.8. The third kappa shape index (κ3) is 7.24. The number of aliphatic imine (C=N–C) groups is 1. The molecule has 0 heterocycles. The maximum Gasteiger partial charge on any atom is 0.191 e. The first kappa shape index (κ1) is 23.0. The van der Waals surface area contributed by atoms with Crippen molar-refractivity contribution >= 4 is 35.6 Å². The van der Waals surface area contributed by atoms with E-state index < -0.39 is 0 Å². The van der Waals surface area contributed by atoms with E-state index >= 15 is 0 Å². The van der Waals surface area contributed by atoms with E-state index in [1.54, 1.807) is 24.1 Å². The van der Waals surface area contributed by atoms with Crippen molar-refractivity contribution in [2.45, 2.75) is 20.0 Å². The fourth-order valence-corrected chi connectivity index (χ4v) is 2.49. The molecule has 5 nitrogen and oxygen atoms in total. The number of halogens is 2. The molecule has 7 heteroatoms. The number of anilines is 1. The van der Waals surface area contributed by atoms with Crippen LogP contribution in [0.3, 0.4) is 0 Å². The number of guanidine groups is 1. The number of benzene rings is 2. The molecule has 0 amide bonds. The lowest BCUT2D eigenvalue weighted by Crippen LogP contribution is -2.36. The zero-order valence-electron chi connectivity index (χ0n) is 16.3. The van der Waals surface area contributed by atoms with Crippen molar-refractivity contribution in [2.24, 2.45) is 4.99 Å². The molecule has 0 aliphatic rings. The molecule has 0 aliphatic heterocycles. The SMILES string of the molecule is CCNC(=NCc1cccc(OC)c1)NCc1ccc(N(C)C)c(F)c1.I. The van der Waals surface area contributed by atoms with Crippen LogP contribution in [0, 0.1) is 5.82 Å². The van der Waals surface area contributed by atoms with Crippen molar-refractivity contribution in [1.82, 2.24) is 10.6 Å². The number of nitrogens with one attached hydrogen (secondary N) is 2. The van der Waals surface area contributed by atoms with Gasteiger partial charge in [-0.05, 0) is 42.3 Å². The zero-order chi connectivity index (χ0) is 18.9. The molecule has 0 aromatic heterocycles. The van der Waals surface area contributed by atoms with Crippen LogP contribution in [0.2, 0.25) is 0 Å². The summed E-state index contributed by atoms with van der Waals surface area (Å²) in [6.45, 7) is 3.78. The molecule has 0 bridgehead atoms. The van der Waals surface area contributed by atoms with Gasteiger partial charge in [-0.15, -0.1) is 24.0 Å². The summed E-state index contributed by atoms with van der Waals surface area (Å²) in [5.41, 5.74) is 2.50. The molecule has 0 saturated heterocycles. The first-order valence-corrected chi connectivity index (χ1v) is 8.64. The average Bonchev–Trinajstić information content (AvgIpc) is 2.64. The Morgan fingerprint density at radius 3 is 2.52 bits per heavy atom. The third-order valence-electron chi connectivity index (χ3n) is 3.85. The quantitative estimate of drug-likeness (QED) is 0.356. The lowest BCUT2D eigenvalue weighted by Gasteiger charge is -2.15. The largest absolute Gasteiger partial charge is 0.497 e. The maximum absolute atomic E-state index is 14.1. The Labute approximate surface area is 178 Å². The molecule has 0 radical (unpaired) electrons. The van der Waals surface area contributed by atoms with Crippen molar-refractivity contribution in [3.8, 4) is 5.75 Å². The lowest BCUT2D eigenvalue weighted by molar-refractivity contribution is 0.414. The van der Waals surface area contributed by atoms with E-state index in [1.165, 1.54) is 0 Å². The fourth-order valence-electron chi connectivity index (χ4n) is 2.49. The van der Waals surface area contributed by atoms with Gasteiger partial charge in [0.15, 0.2) is 5.96 Å². The second-order valence-electron chi connectivity index (χ2n) is 6.08. The molecule has 148 valence electrons. The third-order valence-corrected chi connectivity index (χ3v) is 3.85. The highest BCUT2D eigenvalue weighted by atomic mass is 127. The summed E-state index contributed by atoms with van der Waals surface area (Å²) in [6, 6.07) is 13.1. The highest BCUT2D eigenvalue weighted by molar-refractivity contribution is 14.0. The number of hydrogen-bond acceptors (Lipinski definition) is 3. The molecule has 2 aromatic rings. The summed E-state index contributed by atoms with van der Waals surface area (Å²) in [6.07, 6.45) is 0. The topological polar surface area (TPSA) is 48.9 Å². The highest BCUT2D eigenvalue weighted by Crippen LogP contribution is 2.18. The van der Waals surface area contributed by atoms with Crippen LogP contribution < -0.4 is 20.3 Å². The van der Waals surface area contributed by atoms with Gasteiger partial charge < -0.3 is 20.3 Å². The fraction of sp³-hybridized carbons (Fsp3) is 0.350. The van der Waals surface area contributed by atoms with E-state index in [4.69, 9.17) is 4.74 Å². The molecule has 2 N–H and O–H groups in total. The van der Waals surface area contributed by atoms with Gasteiger partial charge in [0.1, 0.15) is 11.6 Å². The zero-order valence-corrected chi connectivity index (χ0v) is 18.6. The van der Waals surface area contributed by atoms with Gasteiger partial charge in [0, 0.05) is 27.2 Å². The van der Waals surface area contributed by atoms with Crippen molar-refractivity contribution in [3.63, 3.8) is 0 Å². The number of nitrogens with zero attached hydrogens (tertiary/aromatic N) is 2. The van der Waals surface area contributed by atoms with Gasteiger partial charge in [-0.3, -0.25) is 0 Å². The van der Waals surface area contributed by atoms with Crippen molar-refractivity contribution < 1.29 is 9.13 Å². The number of hydrogen-bond donors (Lipinski definition) is 2. The molecule has 0 unspecified atom stereocenters. The van der Waals surface area contributed by atoms with Gasteiger partial charge in [-0.1, -0.05) is 18.2 Å². The second kappa shape index (κ2) is 11.6. The van der Waals surface area contributed by atoms with Gasteiger partial charge >= 0.3 is 0 Å². The molecule has 27 heavy (non-hydrogen) atoms. The van der Waals surface area contributed by atoms with E-state index in [0.717, 1.165) is 23.4 Å². The summed E-state index contributed by atoms with van der Waals surface area (Å²) in [4.78, 5) is 6.34. The van der Waals surface area contributed by atoms with Crippen LogP contribution in [-0.4, -0.2) is 33.7 Å². The second-order valence-corrected chi connectivity index (χ2v) is 6.08. The molecule has 0 atom stereocenters. The first-order valence-electron chi connectivity index (χ1n) is 8.64. The van der Waals surface area contributed by atoms with Gasteiger partial charge in [0.05, 0.1) is 19.3 Å². The Kier molecular flexibility index (Phi) is 9.92. The average molecular weight is 486 g/mol. The number of methoxy groups -OCH3 is 1. The monoisotopic (exact) mass is 486 g/mol. The molecular weight excluding hydrogens is 458 g/mol. The van der Waals surface area contributed by atoms with Crippen molar-refractivity contribution in [1.29, 1.82) is 0 Å². The molecular formula is C20H28FIN4O. The molecule has 0 fully saturated rings. The Morgan fingerprint density at radius 2 is 1.89 bits per heavy atom. The minimum absolute atomic E-state index is 0. The minimum atomic E-state index is -0.229. The standard InChI is InChI=1S/C20H27FN4O.HI/c1-5-22-20(23-13-15-7-6-8-17(11-15)26-4)24-14-16-9-10-19(25(2)3)18(21)12-16;/h6-12H,5,13-14H2,1-4H3,(H2,22,23,24);1H. The van der Waals surface area contributed by atoms with E-state index in [-0.39, 0.29) is 29.8 Å². The summed E-state index contributed by atoms with van der Waals surface area (Å²) in [5, 5.41) is 6.44. The Hall–Kier alpha value is -2.03. The van der Waals surface area contributed by atoms with E-state index in [1.807, 2.05) is 51.4 Å². The summed E-state index contributed by atoms with van der Waals surface area (Å²) >= 11 is 0. The number of ether oxygens (including phenoxy) is 1. The molecule has 0 aliphatic carbocycles. The predicted octanol–water partition coefficient (Wildman–Crippen LogP) is 3.77. The van der Waals surface area contributed by atoms with Gasteiger partial charge in [0.2, 0.25) is 0 Å². The molecule has 2 aromatic carbocycles. The van der Waals surface area contributed by atoms with Gasteiger partial charge in [0.25, 0.3) is 0 Å². The smallest absolute Gasteiger partial charge is 0.191 e. The van der Waals surface area contributed by atoms with E-state index in [0.29, 0.717) is 24.7 Å². The number of rotatable bonds is 7. The Balaban J connectivity index is 0.00000364. The van der Waals surface area contributed by atoms with Crippen LogP contribution in [0.15, 0.2) is 47.5 Å². The van der Waals surface area contributed by atoms with Crippen LogP contribution in [-0.2, 0) is 13.1 Å². The van der Waals surface area contributed by atoms with E-state index in [9.17, 15) is 4.39 Å². The molecule has 0 saturated carbocycles. The van der Waals surface area contributed by atoms with Crippen LogP contribution in [0.4, 0.5) is 10.1 Å². The van der Waals surface area contributed by atoms with E-state index in [2.05, 4.69) is 15.6 Å². The summed E-state index contributed by atoms with van der Waals surface area (Å²) in [5.74, 6) is 1.27. The van der Waals surface area contributed by atoms with Crippen LogP contribution in [0.25, 0.3) is 0 Å². The minimum Gasteiger partial charge on any atom is -0.497 e. The van der Waals surface area contributed by atoms with Crippen LogP contribution in [0.5, 0.6) is 5.75 Å². The Bertz CT molecular complexity index is 753. The van der Waals surface area contributed by atoms with Crippen molar-refractivity contribution in [2.75, 3.05) is 32.6 Å². The lowest BCUT2D eigenvalue weighted by atomic mass is 10.2. The van der Waals surface area contributed by atoms with Crippen LogP contribution >= 0.6 is 24.0 Å². The maximum atomic E-state index is 14.1.